The minimum Gasteiger partial charge on any atom is -0.383 e. The smallest absolute Gasteiger partial charge is 0.292 e. The lowest BCUT2D eigenvalue weighted by atomic mass is 10.1. The Morgan fingerprint density at radius 1 is 1.22 bits per heavy atom. The molecule has 0 saturated carbocycles. The number of nitrogens with zero attached hydrogens (tertiary/aromatic N) is 2. The topological polar surface area (TPSA) is 68.1 Å². The molecule has 0 aliphatic rings. The van der Waals surface area contributed by atoms with E-state index in [2.05, 4.69) is 28.5 Å². The van der Waals surface area contributed by atoms with E-state index in [1.807, 2.05) is 25.1 Å². The van der Waals surface area contributed by atoms with Crippen molar-refractivity contribution in [3.63, 3.8) is 0 Å². The number of aromatic nitrogens is 1. The van der Waals surface area contributed by atoms with Gasteiger partial charge >= 0.3 is 0 Å². The maximum absolute atomic E-state index is 11.1. The molecule has 0 radical (unpaired) electrons. The summed E-state index contributed by atoms with van der Waals surface area (Å²) < 4.78 is 1.13. The maximum atomic E-state index is 11.1. The van der Waals surface area contributed by atoms with Crippen LogP contribution in [0.25, 0.3) is 22.4 Å². The van der Waals surface area contributed by atoms with Crippen molar-refractivity contribution in [2.75, 3.05) is 12.4 Å². The summed E-state index contributed by atoms with van der Waals surface area (Å²) in [6.45, 7) is 2.04. The molecular weight excluding hydrogens is 310 g/mol. The van der Waals surface area contributed by atoms with Crippen molar-refractivity contribution >= 4 is 45.1 Å². The van der Waals surface area contributed by atoms with Crippen LogP contribution in [-0.2, 0) is 0 Å². The Balaban J connectivity index is 1.92. The van der Waals surface area contributed by atoms with Gasteiger partial charge in [-0.2, -0.15) is 0 Å². The average molecular weight is 325 g/mol. The highest BCUT2D eigenvalue weighted by Gasteiger charge is 2.12. The summed E-state index contributed by atoms with van der Waals surface area (Å²) in [7, 11) is 1.67. The van der Waals surface area contributed by atoms with E-state index in [1.165, 1.54) is 5.56 Å². The van der Waals surface area contributed by atoms with Crippen LogP contribution in [0.1, 0.15) is 16.1 Å². The van der Waals surface area contributed by atoms with Crippen molar-refractivity contribution in [1.29, 1.82) is 0 Å². The zero-order chi connectivity index (χ0) is 16.4. The molecule has 0 bridgehead atoms. The molecule has 0 saturated heterocycles. The highest BCUT2D eigenvalue weighted by atomic mass is 32.1. The van der Waals surface area contributed by atoms with Crippen LogP contribution in [0.3, 0.4) is 0 Å². The molecule has 0 amide bonds. The van der Waals surface area contributed by atoms with Crippen molar-refractivity contribution in [2.24, 2.45) is 0 Å². The van der Waals surface area contributed by atoms with E-state index < -0.39 is 0 Å². The van der Waals surface area contributed by atoms with Crippen LogP contribution in [0.5, 0.6) is 0 Å². The number of rotatable bonds is 4. The first kappa shape index (κ1) is 15.2. The molecule has 3 aromatic rings. The third-order valence-electron chi connectivity index (χ3n) is 3.47. The van der Waals surface area contributed by atoms with Crippen LogP contribution < -0.4 is 5.32 Å². The van der Waals surface area contributed by atoms with E-state index >= 15 is 0 Å². The van der Waals surface area contributed by atoms with Crippen molar-refractivity contribution in [1.82, 2.24) is 4.98 Å². The summed E-state index contributed by atoms with van der Waals surface area (Å²) in [6, 6.07) is 11.3. The van der Waals surface area contributed by atoms with Gasteiger partial charge < -0.3 is 5.32 Å². The monoisotopic (exact) mass is 325 g/mol. The second-order valence-electron chi connectivity index (χ2n) is 5.14. The number of hydrogen-bond acceptors (Lipinski definition) is 5. The maximum Gasteiger partial charge on any atom is 0.292 e. The fourth-order valence-electron chi connectivity index (χ4n) is 2.31. The van der Waals surface area contributed by atoms with E-state index in [-0.39, 0.29) is 10.6 Å². The summed E-state index contributed by atoms with van der Waals surface area (Å²) in [5.41, 5.74) is 3.49. The predicted molar refractivity (Wildman–Crippen MR) is 95.9 cm³/mol. The van der Waals surface area contributed by atoms with Gasteiger partial charge in [-0.05, 0) is 42.3 Å². The lowest BCUT2D eigenvalue weighted by Gasteiger charge is -2.02. The molecule has 0 aliphatic heterocycles. The Hall–Kier alpha value is -2.73. The number of nitro groups is 1. The molecule has 1 N–H and O–H groups in total. The molecule has 1 heterocycles. The number of benzene rings is 2. The number of nitro benzene ring substituents is 1. The number of aryl methyl sites for hydroxylation is 1. The first-order chi connectivity index (χ1) is 11.1. The Bertz CT molecular complexity index is 915. The lowest BCUT2D eigenvalue weighted by Crippen LogP contribution is -1.96. The zero-order valence-electron chi connectivity index (χ0n) is 12.7. The van der Waals surface area contributed by atoms with E-state index in [4.69, 9.17) is 0 Å². The molecule has 0 fully saturated rings. The number of nitrogens with one attached hydrogen (secondary N) is 1. The Labute approximate surface area is 137 Å². The van der Waals surface area contributed by atoms with Crippen molar-refractivity contribution in [2.45, 2.75) is 6.92 Å². The minimum atomic E-state index is -0.385. The molecule has 0 aliphatic carbocycles. The van der Waals surface area contributed by atoms with Gasteiger partial charge in [-0.3, -0.25) is 10.1 Å². The Morgan fingerprint density at radius 2 is 2.04 bits per heavy atom. The number of thiazole rings is 1. The molecule has 6 heteroatoms. The van der Waals surface area contributed by atoms with E-state index in [1.54, 1.807) is 30.5 Å². The number of fused-ring (bicyclic) bond motifs is 1. The largest absolute Gasteiger partial charge is 0.383 e. The normalized spacial score (nSPS) is 11.2. The standard InChI is InChI=1S/C17H15N3O2S/c1-11-3-7-16-14(9-11)19-17(23-16)8-5-12-4-6-13(18-2)15(10-12)20(21)22/h3-10,18H,1-2H3. The van der Waals surface area contributed by atoms with Crippen molar-refractivity contribution < 1.29 is 4.92 Å². The average Bonchev–Trinajstić information content (AvgIpc) is 2.94. The van der Waals surface area contributed by atoms with Crippen LogP contribution in [0, 0.1) is 17.0 Å². The lowest BCUT2D eigenvalue weighted by molar-refractivity contribution is -0.383. The number of hydrogen-bond donors (Lipinski definition) is 1. The van der Waals surface area contributed by atoms with Crippen molar-refractivity contribution in [3.8, 4) is 0 Å². The second-order valence-corrected chi connectivity index (χ2v) is 6.20. The van der Waals surface area contributed by atoms with Crippen LogP contribution in [0.2, 0.25) is 0 Å². The summed E-state index contributed by atoms with van der Waals surface area (Å²) in [5.74, 6) is 0. The molecule has 116 valence electrons. The second kappa shape index (κ2) is 6.18. The van der Waals surface area contributed by atoms with Gasteiger partial charge in [-0.25, -0.2) is 4.98 Å². The van der Waals surface area contributed by atoms with Gasteiger partial charge in [0.1, 0.15) is 10.7 Å². The number of anilines is 1. The highest BCUT2D eigenvalue weighted by molar-refractivity contribution is 7.19. The summed E-state index contributed by atoms with van der Waals surface area (Å²) in [5, 5.41) is 14.8. The van der Waals surface area contributed by atoms with Crippen molar-refractivity contribution in [3.05, 3.63) is 62.6 Å². The highest BCUT2D eigenvalue weighted by Crippen LogP contribution is 2.27. The quantitative estimate of drug-likeness (QED) is 0.556. The molecular formula is C17H15N3O2S. The van der Waals surface area contributed by atoms with Crippen LogP contribution in [0.4, 0.5) is 11.4 Å². The van der Waals surface area contributed by atoms with Gasteiger partial charge in [0, 0.05) is 13.1 Å². The molecule has 23 heavy (non-hydrogen) atoms. The fourth-order valence-corrected chi connectivity index (χ4v) is 3.16. The third kappa shape index (κ3) is 3.22. The molecule has 2 aromatic carbocycles. The predicted octanol–water partition coefficient (Wildman–Crippen LogP) is 4.73. The minimum absolute atomic E-state index is 0.0644. The van der Waals surface area contributed by atoms with Crippen LogP contribution in [0.15, 0.2) is 36.4 Å². The van der Waals surface area contributed by atoms with E-state index in [0.717, 1.165) is 20.8 Å². The fraction of sp³-hybridized carbons (Fsp3) is 0.118. The van der Waals surface area contributed by atoms with Gasteiger partial charge in [0.15, 0.2) is 0 Å². The molecule has 1 aromatic heterocycles. The first-order valence-electron chi connectivity index (χ1n) is 7.08. The molecule has 0 atom stereocenters. The molecule has 3 rings (SSSR count). The molecule has 5 nitrogen and oxygen atoms in total. The summed E-state index contributed by atoms with van der Waals surface area (Å²) in [4.78, 5) is 15.3. The first-order valence-corrected chi connectivity index (χ1v) is 7.90. The summed E-state index contributed by atoms with van der Waals surface area (Å²) in [6.07, 6.45) is 3.73. The van der Waals surface area contributed by atoms with Crippen LogP contribution >= 0.6 is 11.3 Å². The van der Waals surface area contributed by atoms with Gasteiger partial charge in [-0.15, -0.1) is 11.3 Å². The van der Waals surface area contributed by atoms with E-state index in [0.29, 0.717) is 5.69 Å². The zero-order valence-corrected chi connectivity index (χ0v) is 13.6. The Morgan fingerprint density at radius 3 is 2.78 bits per heavy atom. The third-order valence-corrected chi connectivity index (χ3v) is 4.47. The van der Waals surface area contributed by atoms with Gasteiger partial charge in [-0.1, -0.05) is 18.2 Å². The van der Waals surface area contributed by atoms with Gasteiger partial charge in [0.25, 0.3) is 5.69 Å². The molecule has 0 unspecified atom stereocenters. The Kier molecular flexibility index (Phi) is 4.08. The van der Waals surface area contributed by atoms with E-state index in [9.17, 15) is 10.1 Å². The van der Waals surface area contributed by atoms with Crippen LogP contribution in [-0.4, -0.2) is 17.0 Å². The van der Waals surface area contributed by atoms with Gasteiger partial charge in [0.05, 0.1) is 15.1 Å². The SMILES string of the molecule is CNc1ccc(C=Cc2nc3cc(C)ccc3s2)cc1[N+](=O)[O-]. The summed E-state index contributed by atoms with van der Waals surface area (Å²) >= 11 is 1.60. The van der Waals surface area contributed by atoms with Gasteiger partial charge in [0.2, 0.25) is 0 Å². The molecule has 0 spiro atoms.